The van der Waals surface area contributed by atoms with Crippen LogP contribution in [0, 0.1) is 0 Å². The number of halogens is 3. The van der Waals surface area contributed by atoms with Crippen molar-refractivity contribution in [3.8, 4) is 0 Å². The van der Waals surface area contributed by atoms with Crippen molar-refractivity contribution in [2.75, 3.05) is 45.0 Å². The van der Waals surface area contributed by atoms with Crippen LogP contribution in [0.15, 0.2) is 0 Å². The van der Waals surface area contributed by atoms with Crippen LogP contribution in [0.3, 0.4) is 0 Å². The molecule has 0 aromatic carbocycles. The monoisotopic (exact) mass is 315 g/mol. The van der Waals surface area contributed by atoms with Gasteiger partial charge in [0.25, 0.3) is 0 Å². The molecule has 2 rings (SSSR count). The van der Waals surface area contributed by atoms with Crippen LogP contribution in [0.2, 0.25) is 0 Å². The highest BCUT2D eigenvalue weighted by molar-refractivity contribution is 7.89. The summed E-state index contributed by atoms with van der Waals surface area (Å²) < 4.78 is 62.4. The third kappa shape index (κ3) is 4.87. The average Bonchev–Trinajstić information content (AvgIpc) is 3.18. The Hall–Kier alpha value is -0.380. The number of hydrogen-bond donors (Lipinski definition) is 1. The molecule has 1 N–H and O–H groups in total. The molecule has 1 aliphatic heterocycles. The van der Waals surface area contributed by atoms with E-state index in [9.17, 15) is 21.6 Å². The Bertz CT molecular complexity index is 417. The van der Waals surface area contributed by atoms with Crippen molar-refractivity contribution in [1.29, 1.82) is 0 Å². The van der Waals surface area contributed by atoms with E-state index >= 15 is 0 Å². The summed E-state index contributed by atoms with van der Waals surface area (Å²) in [7, 11) is -3.84. The molecule has 9 heteroatoms. The maximum Gasteiger partial charge on any atom is 0.402 e. The number of hydrogen-bond acceptors (Lipinski definition) is 4. The predicted octanol–water partition coefficient (Wildman–Crippen LogP) is 0.248. The van der Waals surface area contributed by atoms with Crippen molar-refractivity contribution in [3.63, 3.8) is 0 Å². The van der Waals surface area contributed by atoms with Gasteiger partial charge in [0.15, 0.2) is 0 Å². The Morgan fingerprint density at radius 2 is 1.80 bits per heavy atom. The Morgan fingerprint density at radius 1 is 1.20 bits per heavy atom. The van der Waals surface area contributed by atoms with Crippen LogP contribution in [0.25, 0.3) is 0 Å². The summed E-state index contributed by atoms with van der Waals surface area (Å²) in [5.41, 5.74) is 0. The molecule has 1 saturated carbocycles. The van der Waals surface area contributed by atoms with Crippen LogP contribution in [0.5, 0.6) is 0 Å². The largest absolute Gasteiger partial charge is 0.402 e. The fraction of sp³-hybridized carbons (Fsp3) is 1.00. The topological polar surface area (TPSA) is 52.7 Å². The highest BCUT2D eigenvalue weighted by Crippen LogP contribution is 2.32. The third-order valence-corrected chi connectivity index (χ3v) is 5.36. The standard InChI is InChI=1S/C11H20F3N3O2S/c12-11(13,14)9-17(10-1-2-10)20(18,19)8-7-16-5-3-15-4-6-16/h10,15H,1-9H2. The normalized spacial score (nSPS) is 22.4. The molecule has 2 fully saturated rings. The molecule has 0 aromatic heterocycles. The van der Waals surface area contributed by atoms with Crippen molar-refractivity contribution in [2.24, 2.45) is 0 Å². The van der Waals surface area contributed by atoms with Gasteiger partial charge in [-0.2, -0.15) is 17.5 Å². The number of nitrogens with zero attached hydrogens (tertiary/aromatic N) is 2. The molecule has 5 nitrogen and oxygen atoms in total. The van der Waals surface area contributed by atoms with E-state index in [0.717, 1.165) is 26.2 Å². The lowest BCUT2D eigenvalue weighted by molar-refractivity contribution is -0.137. The second-order valence-corrected chi connectivity index (χ2v) is 7.34. The van der Waals surface area contributed by atoms with E-state index in [2.05, 4.69) is 5.32 Å². The van der Waals surface area contributed by atoms with Gasteiger partial charge in [0.1, 0.15) is 6.54 Å². The number of nitrogens with one attached hydrogen (secondary N) is 1. The van der Waals surface area contributed by atoms with Gasteiger partial charge < -0.3 is 5.32 Å². The number of rotatable bonds is 6. The van der Waals surface area contributed by atoms with Crippen LogP contribution < -0.4 is 5.32 Å². The number of sulfonamides is 1. The van der Waals surface area contributed by atoms with Crippen LogP contribution in [-0.2, 0) is 10.0 Å². The van der Waals surface area contributed by atoms with Gasteiger partial charge in [-0.15, -0.1) is 0 Å². The van der Waals surface area contributed by atoms with Gasteiger partial charge in [-0.1, -0.05) is 0 Å². The molecule has 118 valence electrons. The predicted molar refractivity (Wildman–Crippen MR) is 68.9 cm³/mol. The van der Waals surface area contributed by atoms with Crippen LogP contribution in [-0.4, -0.2) is 74.9 Å². The van der Waals surface area contributed by atoms with Gasteiger partial charge in [-0.05, 0) is 12.8 Å². The minimum absolute atomic E-state index is 0.237. The SMILES string of the molecule is O=S(=O)(CCN1CCNCC1)N(CC(F)(F)F)C1CC1. The molecule has 0 bridgehead atoms. The van der Waals surface area contributed by atoms with Gasteiger partial charge in [0.05, 0.1) is 5.75 Å². The van der Waals surface area contributed by atoms with E-state index in [4.69, 9.17) is 0 Å². The molecule has 0 radical (unpaired) electrons. The van der Waals surface area contributed by atoms with Crippen molar-refractivity contribution in [1.82, 2.24) is 14.5 Å². The second-order valence-electron chi connectivity index (χ2n) is 5.30. The molecule has 2 aliphatic rings. The Morgan fingerprint density at radius 3 is 2.30 bits per heavy atom. The van der Waals surface area contributed by atoms with Gasteiger partial charge in [-0.3, -0.25) is 4.90 Å². The lowest BCUT2D eigenvalue weighted by Crippen LogP contribution is -2.47. The zero-order valence-electron chi connectivity index (χ0n) is 11.2. The van der Waals surface area contributed by atoms with Crippen LogP contribution in [0.4, 0.5) is 13.2 Å². The molecule has 0 aromatic rings. The smallest absolute Gasteiger partial charge is 0.314 e. The fourth-order valence-electron chi connectivity index (χ4n) is 2.29. The second kappa shape index (κ2) is 6.17. The molecule has 0 spiro atoms. The molecule has 1 heterocycles. The summed E-state index contributed by atoms with van der Waals surface area (Å²) in [6.07, 6.45) is -3.42. The van der Waals surface area contributed by atoms with E-state index in [1.54, 1.807) is 0 Å². The Labute approximate surface area is 117 Å². The molecular formula is C11H20F3N3O2S. The molecular weight excluding hydrogens is 295 g/mol. The van der Waals surface area contributed by atoms with Gasteiger partial charge in [0, 0.05) is 38.8 Å². The van der Waals surface area contributed by atoms with Gasteiger partial charge in [-0.25, -0.2) is 8.42 Å². The third-order valence-electron chi connectivity index (χ3n) is 3.52. The lowest BCUT2D eigenvalue weighted by atomic mass is 10.4. The summed E-state index contributed by atoms with van der Waals surface area (Å²) >= 11 is 0. The van der Waals surface area contributed by atoms with Crippen molar-refractivity contribution >= 4 is 10.0 Å². The number of piperazine rings is 1. The van der Waals surface area contributed by atoms with Crippen molar-refractivity contribution in [2.45, 2.75) is 25.1 Å². The zero-order valence-corrected chi connectivity index (χ0v) is 12.0. The first-order valence-electron chi connectivity index (χ1n) is 6.77. The van der Waals surface area contributed by atoms with Crippen LogP contribution in [0.1, 0.15) is 12.8 Å². The first-order valence-corrected chi connectivity index (χ1v) is 8.38. The number of alkyl halides is 3. The molecule has 20 heavy (non-hydrogen) atoms. The summed E-state index contributed by atoms with van der Waals surface area (Å²) in [6.45, 7) is 1.98. The first kappa shape index (κ1) is 16.0. The maximum atomic E-state index is 12.5. The molecule has 0 atom stereocenters. The maximum absolute atomic E-state index is 12.5. The minimum Gasteiger partial charge on any atom is -0.314 e. The fourth-order valence-corrected chi connectivity index (χ4v) is 4.02. The molecule has 0 unspecified atom stereocenters. The first-order chi connectivity index (χ1) is 9.28. The van der Waals surface area contributed by atoms with E-state index in [-0.39, 0.29) is 5.75 Å². The van der Waals surface area contributed by atoms with E-state index < -0.39 is 28.8 Å². The summed E-state index contributed by atoms with van der Waals surface area (Å²) in [6, 6.07) is -0.454. The quantitative estimate of drug-likeness (QED) is 0.763. The van der Waals surface area contributed by atoms with E-state index in [1.165, 1.54) is 0 Å². The summed E-state index contributed by atoms with van der Waals surface area (Å²) in [4.78, 5) is 1.96. The molecule has 1 aliphatic carbocycles. The van der Waals surface area contributed by atoms with Gasteiger partial charge in [0.2, 0.25) is 10.0 Å². The summed E-state index contributed by atoms with van der Waals surface area (Å²) in [5.74, 6) is -0.237. The Kier molecular flexibility index (Phi) is 4.93. The lowest BCUT2D eigenvalue weighted by Gasteiger charge is -2.29. The average molecular weight is 315 g/mol. The van der Waals surface area contributed by atoms with Crippen molar-refractivity contribution in [3.05, 3.63) is 0 Å². The van der Waals surface area contributed by atoms with Gasteiger partial charge >= 0.3 is 6.18 Å². The summed E-state index contributed by atoms with van der Waals surface area (Å²) in [5, 5.41) is 3.14. The Balaban J connectivity index is 1.92. The van der Waals surface area contributed by atoms with E-state index in [0.29, 0.717) is 23.7 Å². The van der Waals surface area contributed by atoms with Crippen LogP contribution >= 0.6 is 0 Å². The van der Waals surface area contributed by atoms with E-state index in [1.807, 2.05) is 4.90 Å². The molecule has 0 amide bonds. The molecule has 1 saturated heterocycles. The zero-order chi connectivity index (χ0) is 14.8. The van der Waals surface area contributed by atoms with Crippen molar-refractivity contribution < 1.29 is 21.6 Å². The minimum atomic E-state index is -4.48. The highest BCUT2D eigenvalue weighted by atomic mass is 32.2. The highest BCUT2D eigenvalue weighted by Gasteiger charge is 2.43.